The molecule has 2 aliphatic rings. The summed E-state index contributed by atoms with van der Waals surface area (Å²) in [6.45, 7) is 24.2. The van der Waals surface area contributed by atoms with Crippen LogP contribution in [0.2, 0.25) is 8.26 Å². The maximum absolute atomic E-state index is 3.50. The molecule has 0 aromatic heterocycles. The average Bonchev–Trinajstić information content (AvgIpc) is 3.34. The van der Waals surface area contributed by atoms with Gasteiger partial charge in [-0.25, -0.2) is 0 Å². The first-order valence-corrected chi connectivity index (χ1v) is 24.8. The fourth-order valence-electron chi connectivity index (χ4n) is 6.70. The van der Waals surface area contributed by atoms with Gasteiger partial charge in [-0.15, -0.1) is 24.8 Å². The van der Waals surface area contributed by atoms with Gasteiger partial charge in [-0.2, -0.15) is 0 Å². The van der Waals surface area contributed by atoms with Crippen LogP contribution in [0.4, 0.5) is 0 Å². The maximum Gasteiger partial charge on any atom is -0.147 e. The second-order valence-electron chi connectivity index (χ2n) is 13.0. The Balaban J connectivity index is 0.00000216. The number of halogens is 2. The summed E-state index contributed by atoms with van der Waals surface area (Å²) in [5, 5.41) is 0. The van der Waals surface area contributed by atoms with E-state index in [1.165, 1.54) is 31.4 Å². The number of rotatable bonds is 4. The SMILES string of the molecule is C[CH2][Zr](=[SiH2])([CH2]C)([C]1=C(C)C=CC1)[c]1c(C(C)(C)C)ccc2c1Cc1cc(C(C)(C)C)ccc1-2.Cl.Cl. The van der Waals surface area contributed by atoms with Gasteiger partial charge in [0, 0.05) is 0 Å². The zero-order valence-corrected chi connectivity index (χ0v) is 28.9. The number of fused-ring (bicyclic) bond motifs is 3. The minimum atomic E-state index is -3.50. The summed E-state index contributed by atoms with van der Waals surface area (Å²) in [4.78, 5) is 0. The fourth-order valence-corrected chi connectivity index (χ4v) is 27.1. The molecule has 0 saturated heterocycles. The van der Waals surface area contributed by atoms with Gasteiger partial charge in [0.1, 0.15) is 0 Å². The van der Waals surface area contributed by atoms with Crippen LogP contribution in [-0.4, -0.2) is 6.88 Å². The van der Waals surface area contributed by atoms with Gasteiger partial charge in [0.2, 0.25) is 0 Å². The molecule has 192 valence electrons. The van der Waals surface area contributed by atoms with Crippen LogP contribution in [0.1, 0.15) is 91.0 Å². The molecule has 0 amide bonds. The molecule has 0 nitrogen and oxygen atoms in total. The van der Waals surface area contributed by atoms with E-state index in [9.17, 15) is 0 Å². The van der Waals surface area contributed by atoms with Gasteiger partial charge in [-0.05, 0) is 0 Å². The monoisotopic (exact) mass is 606 g/mol. The van der Waals surface area contributed by atoms with E-state index >= 15 is 0 Å². The Labute approximate surface area is 229 Å². The van der Waals surface area contributed by atoms with E-state index in [1.807, 2.05) is 6.55 Å². The van der Waals surface area contributed by atoms with Gasteiger partial charge in [0.15, 0.2) is 0 Å². The number of hydrogen-bond acceptors (Lipinski definition) is 0. The number of hydrogen-bond donors (Lipinski definition) is 0. The van der Waals surface area contributed by atoms with E-state index in [0.29, 0.717) is 0 Å². The van der Waals surface area contributed by atoms with Crippen molar-refractivity contribution >= 4 is 35.0 Å². The van der Waals surface area contributed by atoms with E-state index in [4.69, 9.17) is 0 Å². The Hall–Kier alpha value is -0.400. The van der Waals surface area contributed by atoms with E-state index in [-0.39, 0.29) is 35.6 Å². The zero-order chi connectivity index (χ0) is 24.4. The first-order valence-electron chi connectivity index (χ1n) is 13.0. The summed E-state index contributed by atoms with van der Waals surface area (Å²) in [6, 6.07) is 12.3. The molecule has 0 atom stereocenters. The molecule has 0 bridgehead atoms. The molecule has 4 heteroatoms. The fraction of sp³-hybridized carbons (Fsp3) is 0.484. The van der Waals surface area contributed by atoms with Crippen molar-refractivity contribution in [2.24, 2.45) is 0 Å². The van der Waals surface area contributed by atoms with Gasteiger partial charge in [0.05, 0.1) is 0 Å². The van der Waals surface area contributed by atoms with Gasteiger partial charge < -0.3 is 0 Å². The summed E-state index contributed by atoms with van der Waals surface area (Å²) in [6.07, 6.45) is 7.13. The first-order chi connectivity index (χ1) is 15.2. The predicted octanol–water partition coefficient (Wildman–Crippen LogP) is 8.67. The third-order valence-electron chi connectivity index (χ3n) is 9.07. The summed E-state index contributed by atoms with van der Waals surface area (Å²) in [7, 11) is 0. The minimum Gasteiger partial charge on any atom is -0.147 e. The molecule has 2 aromatic rings. The second-order valence-corrected chi connectivity index (χ2v) is 38.8. The van der Waals surface area contributed by atoms with Crippen molar-refractivity contribution in [2.45, 2.75) is 94.2 Å². The average molecular weight is 609 g/mol. The largest absolute Gasteiger partial charge is 0.147 e. The maximum atomic E-state index is 2.52. The van der Waals surface area contributed by atoms with Crippen LogP contribution in [-0.2, 0) is 34.6 Å². The number of benzene rings is 2. The summed E-state index contributed by atoms with van der Waals surface area (Å²) in [5.74, 6) is 0. The molecule has 0 aliphatic heterocycles. The molecule has 35 heavy (non-hydrogen) atoms. The predicted molar refractivity (Wildman–Crippen MR) is 162 cm³/mol. The van der Waals surface area contributed by atoms with Crippen LogP contribution in [0.5, 0.6) is 0 Å². The zero-order valence-electron chi connectivity index (χ0n) is 23.4. The Morgan fingerprint density at radius 3 is 1.94 bits per heavy atom. The smallest absolute Gasteiger partial charge is 0.147 e. The minimum absolute atomic E-state index is 0. The van der Waals surface area contributed by atoms with Crippen molar-refractivity contribution in [1.29, 1.82) is 0 Å². The Morgan fingerprint density at radius 2 is 1.46 bits per heavy atom. The molecule has 0 saturated carbocycles. The van der Waals surface area contributed by atoms with Gasteiger partial charge >= 0.3 is 207 Å². The standard InChI is InChI=1S/C21H25.C6H7.2C2H5.2ClH.H2Si.Zr/c1-20(2,3)16-7-9-18-14(12-16)11-15-13-17(21(4,5)6)8-10-19(15)18;1-6-4-2-3-5-6;2*1-2;;;;/h7-10,12H,11H2,1-6H3;2,4H,3H2,1H3;2*1H2,2H3;2*1H;1H2;. The normalized spacial score (nSPS) is 15.5. The van der Waals surface area contributed by atoms with Gasteiger partial charge in [0.25, 0.3) is 0 Å². The molecular formula is C31H46Cl2SiZr. The van der Waals surface area contributed by atoms with Crippen molar-refractivity contribution < 1.29 is 17.4 Å². The Kier molecular flexibility index (Phi) is 8.85. The van der Waals surface area contributed by atoms with Crippen LogP contribution in [0.25, 0.3) is 11.1 Å². The van der Waals surface area contributed by atoms with E-state index in [2.05, 4.69) is 112 Å². The van der Waals surface area contributed by atoms with Gasteiger partial charge in [-0.3, -0.25) is 0 Å². The Morgan fingerprint density at radius 1 is 0.857 bits per heavy atom. The molecule has 4 rings (SSSR count). The molecule has 0 fully saturated rings. The van der Waals surface area contributed by atoms with Gasteiger partial charge in [-0.1, -0.05) is 0 Å². The molecule has 0 N–H and O–H groups in total. The Bertz CT molecular complexity index is 1260. The molecule has 2 aliphatic carbocycles. The van der Waals surface area contributed by atoms with E-state index < -0.39 is 17.4 Å². The van der Waals surface area contributed by atoms with E-state index in [1.54, 1.807) is 22.3 Å². The van der Waals surface area contributed by atoms with E-state index in [0.717, 1.165) is 6.42 Å². The molecule has 0 heterocycles. The van der Waals surface area contributed by atoms with Crippen LogP contribution in [0, 0.1) is 0 Å². The quantitative estimate of drug-likeness (QED) is 0.260. The van der Waals surface area contributed by atoms with Crippen LogP contribution in [0.3, 0.4) is 0 Å². The molecule has 0 unspecified atom stereocenters. The summed E-state index contributed by atoms with van der Waals surface area (Å²) in [5.41, 5.74) is 11.2. The van der Waals surface area contributed by atoms with Crippen LogP contribution < -0.4 is 3.27 Å². The third kappa shape index (κ3) is 4.80. The van der Waals surface area contributed by atoms with Crippen molar-refractivity contribution in [3.8, 4) is 11.1 Å². The number of allylic oxidation sites excluding steroid dienone is 4. The molecule has 2 aromatic carbocycles. The van der Waals surface area contributed by atoms with Crippen molar-refractivity contribution in [3.05, 3.63) is 73.6 Å². The molecular weight excluding hydrogens is 563 g/mol. The van der Waals surface area contributed by atoms with Crippen molar-refractivity contribution in [2.75, 3.05) is 0 Å². The molecule has 0 radical (unpaired) electrons. The first kappa shape index (κ1) is 30.8. The van der Waals surface area contributed by atoms with Crippen LogP contribution >= 0.6 is 24.8 Å². The summed E-state index contributed by atoms with van der Waals surface area (Å²) >= 11 is -3.50. The summed E-state index contributed by atoms with van der Waals surface area (Å²) < 4.78 is 6.38. The second kappa shape index (κ2) is 10.1. The third-order valence-corrected chi connectivity index (χ3v) is 38.0. The molecule has 0 spiro atoms. The topological polar surface area (TPSA) is 0 Å². The van der Waals surface area contributed by atoms with Crippen molar-refractivity contribution in [1.82, 2.24) is 0 Å². The van der Waals surface area contributed by atoms with Crippen molar-refractivity contribution in [3.63, 3.8) is 0 Å². The van der Waals surface area contributed by atoms with Crippen LogP contribution in [0.15, 0.2) is 51.3 Å².